The number of allylic oxidation sites excluding steroid dienone is 8. The van der Waals surface area contributed by atoms with Gasteiger partial charge < -0.3 is 0 Å². The summed E-state index contributed by atoms with van der Waals surface area (Å²) >= 11 is 0. The van der Waals surface area contributed by atoms with Crippen molar-refractivity contribution >= 4 is 11.1 Å². The molecule has 0 unspecified atom stereocenters. The lowest BCUT2D eigenvalue weighted by atomic mass is 9.41. The van der Waals surface area contributed by atoms with Crippen LogP contribution >= 0.6 is 0 Å². The minimum Gasteiger partial charge on any atom is -0.0955 e. The minimum absolute atomic E-state index is 0.0415. The molecule has 0 heteroatoms. The Bertz CT molecular complexity index is 1560. The number of aryl methyl sites for hydroxylation is 3. The van der Waals surface area contributed by atoms with Gasteiger partial charge >= 0.3 is 0 Å². The fourth-order valence-corrected chi connectivity index (χ4v) is 9.13. The molecule has 0 saturated carbocycles. The van der Waals surface area contributed by atoms with Crippen molar-refractivity contribution in [1.29, 1.82) is 0 Å². The molecule has 2 aromatic carbocycles. The summed E-state index contributed by atoms with van der Waals surface area (Å²) in [5.41, 5.74) is 18.8. The summed E-state index contributed by atoms with van der Waals surface area (Å²) in [6.07, 6.45) is 5.25. The van der Waals surface area contributed by atoms with Gasteiger partial charge in [-0.25, -0.2) is 0 Å². The molecule has 0 heterocycles. The van der Waals surface area contributed by atoms with E-state index in [0.29, 0.717) is 0 Å². The molecule has 0 spiro atoms. The van der Waals surface area contributed by atoms with E-state index in [1.807, 2.05) is 0 Å². The van der Waals surface area contributed by atoms with E-state index < -0.39 is 0 Å². The van der Waals surface area contributed by atoms with Crippen molar-refractivity contribution in [3.63, 3.8) is 0 Å². The molecule has 3 atom stereocenters. The van der Waals surface area contributed by atoms with E-state index in [1.165, 1.54) is 72.4 Å². The maximum Gasteiger partial charge on any atom is 0.0194 e. The zero-order valence-electron chi connectivity index (χ0n) is 26.3. The van der Waals surface area contributed by atoms with E-state index in [0.717, 1.165) is 37.7 Å². The molecule has 0 nitrogen and oxygen atoms in total. The van der Waals surface area contributed by atoms with Gasteiger partial charge in [0.2, 0.25) is 0 Å². The molecule has 0 aliphatic heterocycles. The Balaban J connectivity index is 1.59. The summed E-state index contributed by atoms with van der Waals surface area (Å²) in [5.74, 6) is 0. The Morgan fingerprint density at radius 3 is 2.27 bits per heavy atom. The summed E-state index contributed by atoms with van der Waals surface area (Å²) in [7, 11) is 0. The average Bonchev–Trinajstić information content (AvgIpc) is 2.85. The van der Waals surface area contributed by atoms with Crippen molar-refractivity contribution in [2.75, 3.05) is 0 Å². The monoisotopic (exact) mass is 528 g/mol. The molecule has 0 saturated heterocycles. The smallest absolute Gasteiger partial charge is 0.0194 e. The minimum atomic E-state index is -0.118. The third kappa shape index (κ3) is 4.01. The van der Waals surface area contributed by atoms with Gasteiger partial charge in [0.15, 0.2) is 0 Å². The lowest BCUT2D eigenvalue weighted by Crippen LogP contribution is -2.52. The molecule has 3 aliphatic rings. The van der Waals surface area contributed by atoms with Gasteiger partial charge in [-0.1, -0.05) is 106 Å². The highest BCUT2D eigenvalue weighted by molar-refractivity contribution is 5.87. The lowest BCUT2D eigenvalue weighted by Gasteiger charge is -2.62. The Labute approximate surface area is 244 Å². The summed E-state index contributed by atoms with van der Waals surface area (Å²) in [6, 6.07) is 13.4. The molecule has 208 valence electrons. The van der Waals surface area contributed by atoms with Crippen LogP contribution in [-0.4, -0.2) is 0 Å². The first-order valence-electron chi connectivity index (χ1n) is 15.0. The zero-order chi connectivity index (χ0) is 29.4. The van der Waals surface area contributed by atoms with E-state index in [9.17, 15) is 0 Å². The van der Waals surface area contributed by atoms with Crippen LogP contribution in [-0.2, 0) is 12.8 Å². The van der Waals surface area contributed by atoms with Crippen LogP contribution in [0.25, 0.3) is 11.1 Å². The normalized spacial score (nSPS) is 27.8. The lowest BCUT2D eigenvalue weighted by molar-refractivity contribution is 0.0543. The second-order valence-corrected chi connectivity index (χ2v) is 14.0. The van der Waals surface area contributed by atoms with Crippen LogP contribution in [0.4, 0.5) is 0 Å². The molecule has 0 amide bonds. The van der Waals surface area contributed by atoms with Crippen LogP contribution in [0.15, 0.2) is 96.2 Å². The van der Waals surface area contributed by atoms with Gasteiger partial charge in [0.1, 0.15) is 0 Å². The first kappa shape index (κ1) is 28.4. The van der Waals surface area contributed by atoms with Crippen molar-refractivity contribution in [2.45, 2.75) is 87.5 Å². The molecular weight excluding hydrogens is 480 g/mol. The van der Waals surface area contributed by atoms with Gasteiger partial charge in [-0.2, -0.15) is 0 Å². The predicted molar refractivity (Wildman–Crippen MR) is 175 cm³/mol. The third-order valence-electron chi connectivity index (χ3n) is 11.0. The summed E-state index contributed by atoms with van der Waals surface area (Å²) in [6.45, 7) is 37.1. The van der Waals surface area contributed by atoms with E-state index >= 15 is 0 Å². The highest BCUT2D eigenvalue weighted by Gasteiger charge is 2.59. The molecule has 0 N–H and O–H groups in total. The summed E-state index contributed by atoms with van der Waals surface area (Å²) in [4.78, 5) is 0. The van der Waals surface area contributed by atoms with Gasteiger partial charge in [0, 0.05) is 5.41 Å². The van der Waals surface area contributed by atoms with Crippen LogP contribution in [0.3, 0.4) is 0 Å². The molecule has 0 aromatic heterocycles. The molecule has 2 aromatic rings. The largest absolute Gasteiger partial charge is 0.0955 e. The summed E-state index contributed by atoms with van der Waals surface area (Å²) in [5, 5.41) is 0. The van der Waals surface area contributed by atoms with E-state index in [1.54, 1.807) is 0 Å². The quantitative estimate of drug-likeness (QED) is 0.362. The highest BCUT2D eigenvalue weighted by atomic mass is 14.6. The average molecular weight is 529 g/mol. The first-order valence-corrected chi connectivity index (χ1v) is 15.0. The molecule has 5 rings (SSSR count). The van der Waals surface area contributed by atoms with Crippen LogP contribution in [0.2, 0.25) is 0 Å². The third-order valence-corrected chi connectivity index (χ3v) is 11.0. The van der Waals surface area contributed by atoms with Gasteiger partial charge in [-0.15, -0.1) is 0 Å². The van der Waals surface area contributed by atoms with Gasteiger partial charge in [0.05, 0.1) is 0 Å². The SMILES string of the molecule is C=C(C)C1=C(C)C[C@@]2(C)C[C@@]3(C)Cc4c(CCC(=C)c5cccc(C)c5)ccc(C)c4C(=C)C3=C(C)[C@@]2(C)C1=C. The summed E-state index contributed by atoms with van der Waals surface area (Å²) < 4.78 is 0. The van der Waals surface area contributed by atoms with Crippen molar-refractivity contribution in [3.8, 4) is 0 Å². The van der Waals surface area contributed by atoms with Crippen molar-refractivity contribution in [2.24, 2.45) is 16.2 Å². The molecule has 0 fully saturated rings. The number of fused-ring (bicyclic) bond motifs is 3. The van der Waals surface area contributed by atoms with Gasteiger partial charge in [-0.3, -0.25) is 0 Å². The first-order chi connectivity index (χ1) is 18.6. The maximum atomic E-state index is 4.84. The number of rotatable bonds is 5. The topological polar surface area (TPSA) is 0 Å². The van der Waals surface area contributed by atoms with Crippen LogP contribution in [0, 0.1) is 30.1 Å². The number of hydrogen-bond donors (Lipinski definition) is 0. The van der Waals surface area contributed by atoms with Gasteiger partial charge in [-0.05, 0) is 133 Å². The van der Waals surface area contributed by atoms with E-state index in [2.05, 4.69) is 105 Å². The van der Waals surface area contributed by atoms with Crippen LogP contribution < -0.4 is 0 Å². The Morgan fingerprint density at radius 1 is 0.925 bits per heavy atom. The molecule has 40 heavy (non-hydrogen) atoms. The zero-order valence-corrected chi connectivity index (χ0v) is 26.3. The Kier molecular flexibility index (Phi) is 6.73. The molecule has 0 radical (unpaired) electrons. The highest BCUT2D eigenvalue weighted by Crippen LogP contribution is 2.70. The number of hydrogen-bond acceptors (Lipinski definition) is 0. The molecular formula is C40H48. The standard InChI is InChI=1S/C40H48/c1-24(2)35-28(6)21-39(11)23-38(10)22-34-32(18-16-26(4)33-15-13-14-25(3)20-33)19-17-27(5)36(34)29(7)37(38)31(9)40(39,12)30(35)8/h13-15,17,19-20H,1,4,7-8,16,18,21-23H2,2-3,5-6,9-12H3/t38-,39+,40-/m1/s1. The molecule has 0 bridgehead atoms. The van der Waals surface area contributed by atoms with Crippen LogP contribution in [0.1, 0.15) is 94.2 Å². The molecule has 3 aliphatic carbocycles. The maximum absolute atomic E-state index is 4.84. The Hall–Kier alpha value is -3.12. The number of benzene rings is 2. The fraction of sp³-hybridized carbons (Fsp3) is 0.400. The van der Waals surface area contributed by atoms with Crippen LogP contribution in [0.5, 0.6) is 0 Å². The van der Waals surface area contributed by atoms with Gasteiger partial charge in [0.25, 0.3) is 0 Å². The second-order valence-electron chi connectivity index (χ2n) is 14.0. The Morgan fingerprint density at radius 2 is 1.62 bits per heavy atom. The van der Waals surface area contributed by atoms with E-state index in [4.69, 9.17) is 13.2 Å². The van der Waals surface area contributed by atoms with Crippen molar-refractivity contribution in [1.82, 2.24) is 0 Å². The second kappa shape index (κ2) is 9.47. The fourth-order valence-electron chi connectivity index (χ4n) is 9.13. The van der Waals surface area contributed by atoms with Crippen molar-refractivity contribution in [3.05, 3.63) is 130 Å². The van der Waals surface area contributed by atoms with Crippen molar-refractivity contribution < 1.29 is 0 Å². The van der Waals surface area contributed by atoms with E-state index in [-0.39, 0.29) is 16.2 Å². The predicted octanol–water partition coefficient (Wildman–Crippen LogP) is 11.1.